The topological polar surface area (TPSA) is 58.6 Å². The summed E-state index contributed by atoms with van der Waals surface area (Å²) in [6.45, 7) is 4.12. The van der Waals surface area contributed by atoms with Crippen molar-refractivity contribution >= 4 is 11.8 Å². The maximum absolute atomic E-state index is 12.2. The summed E-state index contributed by atoms with van der Waals surface area (Å²) in [6, 6.07) is 7.73. The number of benzene rings is 1. The van der Waals surface area contributed by atoms with Gasteiger partial charge in [-0.1, -0.05) is 12.1 Å². The number of hydrogen-bond donors (Lipinski definition) is 1. The standard InChI is InChI=1S/C15H20N2O3/c1-15(2)14(19)17(10-13(18)16-15)8-7-11-5-4-6-12(9-11)20-3/h4-6,9H,7-8,10H2,1-3H3,(H,16,18). The van der Waals surface area contributed by atoms with Crippen LogP contribution in [0.2, 0.25) is 0 Å². The van der Waals surface area contributed by atoms with Gasteiger partial charge in [-0.15, -0.1) is 0 Å². The number of nitrogens with zero attached hydrogens (tertiary/aromatic N) is 1. The molecule has 2 rings (SSSR count). The van der Waals surface area contributed by atoms with E-state index in [4.69, 9.17) is 4.74 Å². The minimum absolute atomic E-state index is 0.0417. The second-order valence-corrected chi connectivity index (χ2v) is 5.50. The van der Waals surface area contributed by atoms with E-state index in [0.29, 0.717) is 13.0 Å². The van der Waals surface area contributed by atoms with E-state index in [1.165, 1.54) is 0 Å². The zero-order chi connectivity index (χ0) is 14.8. The Labute approximate surface area is 118 Å². The maximum atomic E-state index is 12.2. The van der Waals surface area contributed by atoms with Gasteiger partial charge in [0, 0.05) is 6.54 Å². The fourth-order valence-electron chi connectivity index (χ4n) is 2.35. The largest absolute Gasteiger partial charge is 0.497 e. The molecule has 0 aromatic heterocycles. The van der Waals surface area contributed by atoms with Crippen LogP contribution < -0.4 is 10.1 Å². The number of methoxy groups -OCH3 is 1. The van der Waals surface area contributed by atoms with Gasteiger partial charge in [0.05, 0.1) is 13.7 Å². The lowest BCUT2D eigenvalue weighted by Gasteiger charge is -2.37. The first-order valence-electron chi connectivity index (χ1n) is 6.66. The highest BCUT2D eigenvalue weighted by molar-refractivity contribution is 5.97. The predicted molar refractivity (Wildman–Crippen MR) is 75.5 cm³/mol. The highest BCUT2D eigenvalue weighted by atomic mass is 16.5. The van der Waals surface area contributed by atoms with Crippen LogP contribution >= 0.6 is 0 Å². The van der Waals surface area contributed by atoms with Gasteiger partial charge < -0.3 is 15.0 Å². The molecule has 0 unspecified atom stereocenters. The summed E-state index contributed by atoms with van der Waals surface area (Å²) in [5, 5.41) is 2.70. The van der Waals surface area contributed by atoms with Crippen LogP contribution in [0.1, 0.15) is 19.4 Å². The van der Waals surface area contributed by atoms with Gasteiger partial charge in [-0.3, -0.25) is 9.59 Å². The van der Waals surface area contributed by atoms with Crippen LogP contribution in [0.5, 0.6) is 5.75 Å². The predicted octanol–water partition coefficient (Wildman–Crippen LogP) is 0.975. The van der Waals surface area contributed by atoms with E-state index >= 15 is 0 Å². The van der Waals surface area contributed by atoms with Crippen LogP contribution in [-0.4, -0.2) is 42.5 Å². The molecule has 0 bridgehead atoms. The first-order valence-corrected chi connectivity index (χ1v) is 6.66. The fraction of sp³-hybridized carbons (Fsp3) is 0.467. The van der Waals surface area contributed by atoms with Crippen molar-refractivity contribution in [3.63, 3.8) is 0 Å². The Morgan fingerprint density at radius 1 is 1.35 bits per heavy atom. The Hall–Kier alpha value is -2.04. The van der Waals surface area contributed by atoms with Crippen molar-refractivity contribution < 1.29 is 14.3 Å². The van der Waals surface area contributed by atoms with E-state index < -0.39 is 5.54 Å². The number of ether oxygens (including phenoxy) is 1. The molecule has 1 heterocycles. The maximum Gasteiger partial charge on any atom is 0.248 e. The van der Waals surface area contributed by atoms with Crippen molar-refractivity contribution in [3.8, 4) is 5.75 Å². The Balaban J connectivity index is 2.02. The Morgan fingerprint density at radius 3 is 2.80 bits per heavy atom. The summed E-state index contributed by atoms with van der Waals surface area (Å²) in [5.74, 6) is 0.644. The van der Waals surface area contributed by atoms with Crippen LogP contribution in [0.4, 0.5) is 0 Å². The van der Waals surface area contributed by atoms with E-state index in [1.54, 1.807) is 25.9 Å². The van der Waals surface area contributed by atoms with Gasteiger partial charge in [-0.2, -0.15) is 0 Å². The van der Waals surface area contributed by atoms with Crippen molar-refractivity contribution in [2.24, 2.45) is 0 Å². The summed E-state index contributed by atoms with van der Waals surface area (Å²) < 4.78 is 5.17. The summed E-state index contributed by atoms with van der Waals surface area (Å²) in [5.41, 5.74) is 0.268. The molecule has 1 fully saturated rings. The van der Waals surface area contributed by atoms with Crippen LogP contribution in [0.15, 0.2) is 24.3 Å². The van der Waals surface area contributed by atoms with Crippen molar-refractivity contribution in [1.29, 1.82) is 0 Å². The number of amides is 2. The van der Waals surface area contributed by atoms with Gasteiger partial charge in [-0.25, -0.2) is 0 Å². The number of hydrogen-bond acceptors (Lipinski definition) is 3. The number of carbonyl (C=O) groups excluding carboxylic acids is 2. The lowest BCUT2D eigenvalue weighted by Crippen LogP contribution is -2.64. The van der Waals surface area contributed by atoms with E-state index in [2.05, 4.69) is 5.32 Å². The second kappa shape index (κ2) is 5.53. The monoisotopic (exact) mass is 276 g/mol. The molecule has 2 amide bonds. The molecular formula is C15H20N2O3. The molecule has 0 aliphatic carbocycles. The van der Waals surface area contributed by atoms with E-state index in [0.717, 1.165) is 11.3 Å². The molecule has 108 valence electrons. The molecule has 0 spiro atoms. The molecule has 0 atom stereocenters. The van der Waals surface area contributed by atoms with Crippen molar-refractivity contribution in [1.82, 2.24) is 10.2 Å². The van der Waals surface area contributed by atoms with Crippen molar-refractivity contribution in [3.05, 3.63) is 29.8 Å². The zero-order valence-electron chi connectivity index (χ0n) is 12.1. The summed E-state index contributed by atoms with van der Waals surface area (Å²) in [7, 11) is 1.63. The molecule has 5 nitrogen and oxygen atoms in total. The lowest BCUT2D eigenvalue weighted by molar-refractivity contribution is -0.148. The molecule has 1 aromatic rings. The Morgan fingerprint density at radius 2 is 2.10 bits per heavy atom. The SMILES string of the molecule is COc1cccc(CCN2CC(=O)NC(C)(C)C2=O)c1. The molecule has 1 N–H and O–H groups in total. The average Bonchev–Trinajstić information content (AvgIpc) is 2.41. The third-order valence-corrected chi connectivity index (χ3v) is 3.41. The van der Waals surface area contributed by atoms with Crippen LogP contribution in [-0.2, 0) is 16.0 Å². The van der Waals surface area contributed by atoms with Crippen LogP contribution in [0.3, 0.4) is 0 Å². The van der Waals surface area contributed by atoms with E-state index in [1.807, 2.05) is 24.3 Å². The van der Waals surface area contributed by atoms with E-state index in [9.17, 15) is 9.59 Å². The third-order valence-electron chi connectivity index (χ3n) is 3.41. The molecule has 1 aromatic carbocycles. The van der Waals surface area contributed by atoms with Gasteiger partial charge in [0.1, 0.15) is 11.3 Å². The Kier molecular flexibility index (Phi) is 3.97. The normalized spacial score (nSPS) is 17.9. The molecule has 0 saturated carbocycles. The van der Waals surface area contributed by atoms with Gasteiger partial charge in [-0.05, 0) is 38.0 Å². The summed E-state index contributed by atoms with van der Waals surface area (Å²) in [4.78, 5) is 25.5. The van der Waals surface area contributed by atoms with Crippen LogP contribution in [0.25, 0.3) is 0 Å². The average molecular weight is 276 g/mol. The molecular weight excluding hydrogens is 256 g/mol. The highest BCUT2D eigenvalue weighted by Crippen LogP contribution is 2.16. The first kappa shape index (κ1) is 14.4. The van der Waals surface area contributed by atoms with E-state index in [-0.39, 0.29) is 18.4 Å². The lowest BCUT2D eigenvalue weighted by atomic mass is 10.00. The molecule has 1 aliphatic rings. The highest BCUT2D eigenvalue weighted by Gasteiger charge is 2.38. The van der Waals surface area contributed by atoms with Crippen molar-refractivity contribution in [2.75, 3.05) is 20.2 Å². The molecule has 1 aliphatic heterocycles. The summed E-state index contributed by atoms with van der Waals surface area (Å²) in [6.07, 6.45) is 0.701. The number of carbonyl (C=O) groups is 2. The molecule has 20 heavy (non-hydrogen) atoms. The molecule has 5 heteroatoms. The third kappa shape index (κ3) is 3.10. The smallest absolute Gasteiger partial charge is 0.248 e. The quantitative estimate of drug-likeness (QED) is 0.891. The van der Waals surface area contributed by atoms with Gasteiger partial charge in [0.2, 0.25) is 11.8 Å². The Bertz CT molecular complexity index is 526. The minimum atomic E-state index is -0.816. The van der Waals surface area contributed by atoms with Crippen LogP contribution in [0, 0.1) is 0 Å². The van der Waals surface area contributed by atoms with Crippen molar-refractivity contribution in [2.45, 2.75) is 25.8 Å². The number of piperazine rings is 1. The second-order valence-electron chi connectivity index (χ2n) is 5.50. The number of nitrogens with one attached hydrogen (secondary N) is 1. The summed E-state index contributed by atoms with van der Waals surface area (Å²) >= 11 is 0. The molecule has 0 radical (unpaired) electrons. The van der Waals surface area contributed by atoms with Gasteiger partial charge in [0.25, 0.3) is 0 Å². The van der Waals surface area contributed by atoms with Gasteiger partial charge >= 0.3 is 0 Å². The van der Waals surface area contributed by atoms with Gasteiger partial charge in [0.15, 0.2) is 0 Å². The molecule has 1 saturated heterocycles. The number of rotatable bonds is 4. The fourth-order valence-corrected chi connectivity index (χ4v) is 2.35. The minimum Gasteiger partial charge on any atom is -0.497 e. The zero-order valence-corrected chi connectivity index (χ0v) is 12.1. The first-order chi connectivity index (χ1) is 9.42.